The van der Waals surface area contributed by atoms with Crippen molar-refractivity contribution in [2.45, 2.75) is 13.0 Å². The molecule has 2 amide bonds. The largest absolute Gasteiger partial charge is 0.454 e. The van der Waals surface area contributed by atoms with Crippen LogP contribution < -0.4 is 20.1 Å². The van der Waals surface area contributed by atoms with Crippen molar-refractivity contribution in [1.29, 1.82) is 0 Å². The molecule has 2 N–H and O–H groups in total. The molecule has 1 aliphatic rings. The van der Waals surface area contributed by atoms with E-state index in [1.165, 1.54) is 19.1 Å². The summed E-state index contributed by atoms with van der Waals surface area (Å²) < 4.78 is 15.5. The van der Waals surface area contributed by atoms with E-state index in [9.17, 15) is 14.4 Å². The number of esters is 1. The molecule has 0 unspecified atom stereocenters. The highest BCUT2D eigenvalue weighted by atomic mass is 35.5. The summed E-state index contributed by atoms with van der Waals surface area (Å²) in [5.74, 6) is -0.598. The van der Waals surface area contributed by atoms with Gasteiger partial charge in [0, 0.05) is 22.3 Å². The van der Waals surface area contributed by atoms with Gasteiger partial charge in [-0.2, -0.15) is 0 Å². The summed E-state index contributed by atoms with van der Waals surface area (Å²) >= 11 is 5.76. The van der Waals surface area contributed by atoms with Crippen LogP contribution in [0.25, 0.3) is 0 Å². The Morgan fingerprint density at radius 1 is 1.11 bits per heavy atom. The molecule has 8 nitrogen and oxygen atoms in total. The summed E-state index contributed by atoms with van der Waals surface area (Å²) in [6.45, 7) is 1.19. The Balaban J connectivity index is 1.46. The number of amides is 2. The standard InChI is InChI=1S/C19H17ClN2O6/c1-11(18(24)22-14-6-7-15-16(8-14)27-10-26-15)28-17(23)9-21-19(25)12-2-4-13(20)5-3-12/h2-8,11H,9-10H2,1H3,(H,21,25)(H,22,24)/t11-/m0/s1. The van der Waals surface area contributed by atoms with Crippen LogP contribution in [-0.4, -0.2) is 37.2 Å². The number of hydrogen-bond donors (Lipinski definition) is 2. The summed E-state index contributed by atoms with van der Waals surface area (Å²) in [7, 11) is 0. The molecule has 0 aliphatic carbocycles. The highest BCUT2D eigenvalue weighted by Crippen LogP contribution is 2.34. The lowest BCUT2D eigenvalue weighted by atomic mass is 10.2. The van der Waals surface area contributed by atoms with E-state index in [4.69, 9.17) is 25.8 Å². The number of rotatable bonds is 6. The van der Waals surface area contributed by atoms with Crippen LogP contribution in [0.1, 0.15) is 17.3 Å². The van der Waals surface area contributed by atoms with Gasteiger partial charge in [0.1, 0.15) is 6.54 Å². The van der Waals surface area contributed by atoms with E-state index in [0.29, 0.717) is 27.8 Å². The third kappa shape index (κ3) is 4.92. The molecule has 0 aromatic heterocycles. The van der Waals surface area contributed by atoms with Crippen molar-refractivity contribution in [2.75, 3.05) is 18.7 Å². The molecule has 2 aromatic carbocycles. The summed E-state index contributed by atoms with van der Waals surface area (Å²) in [5, 5.41) is 5.54. The predicted octanol–water partition coefficient (Wildman–Crippen LogP) is 2.37. The van der Waals surface area contributed by atoms with Gasteiger partial charge in [0.2, 0.25) is 6.79 Å². The lowest BCUT2D eigenvalue weighted by Gasteiger charge is -2.14. The number of carbonyl (C=O) groups is 3. The first-order valence-electron chi connectivity index (χ1n) is 8.36. The van der Waals surface area contributed by atoms with Crippen molar-refractivity contribution < 1.29 is 28.6 Å². The number of carbonyl (C=O) groups excluding carboxylic acids is 3. The third-order valence-corrected chi connectivity index (χ3v) is 4.07. The number of halogens is 1. The molecule has 1 atom stereocenters. The molecular formula is C19H17ClN2O6. The minimum atomic E-state index is -1.05. The molecule has 3 rings (SSSR count). The summed E-state index contributed by atoms with van der Waals surface area (Å²) in [4.78, 5) is 36.0. The fraction of sp³-hybridized carbons (Fsp3) is 0.211. The number of anilines is 1. The normalized spacial score (nSPS) is 12.8. The van der Waals surface area contributed by atoms with Gasteiger partial charge in [0.15, 0.2) is 17.6 Å². The van der Waals surface area contributed by atoms with Gasteiger partial charge in [-0.15, -0.1) is 0 Å². The topological polar surface area (TPSA) is 103 Å². The number of benzene rings is 2. The molecule has 28 heavy (non-hydrogen) atoms. The molecule has 0 radical (unpaired) electrons. The zero-order valence-corrected chi connectivity index (χ0v) is 15.6. The predicted molar refractivity (Wildman–Crippen MR) is 101 cm³/mol. The zero-order chi connectivity index (χ0) is 20.1. The lowest BCUT2D eigenvalue weighted by Crippen LogP contribution is -2.35. The van der Waals surface area contributed by atoms with Gasteiger partial charge in [-0.3, -0.25) is 14.4 Å². The van der Waals surface area contributed by atoms with E-state index in [0.717, 1.165) is 0 Å². The Morgan fingerprint density at radius 3 is 2.57 bits per heavy atom. The molecule has 1 heterocycles. The minimum Gasteiger partial charge on any atom is -0.454 e. The average molecular weight is 405 g/mol. The molecule has 2 aromatic rings. The van der Waals surface area contributed by atoms with Crippen molar-refractivity contribution in [3.63, 3.8) is 0 Å². The Morgan fingerprint density at radius 2 is 1.82 bits per heavy atom. The average Bonchev–Trinajstić information content (AvgIpc) is 3.14. The van der Waals surface area contributed by atoms with E-state index in [1.54, 1.807) is 30.3 Å². The van der Waals surface area contributed by atoms with Crippen LogP contribution in [0.3, 0.4) is 0 Å². The van der Waals surface area contributed by atoms with Gasteiger partial charge in [0.25, 0.3) is 11.8 Å². The molecule has 0 saturated heterocycles. The smallest absolute Gasteiger partial charge is 0.326 e. The first kappa shape index (κ1) is 19.5. The molecule has 0 saturated carbocycles. The molecule has 0 spiro atoms. The van der Waals surface area contributed by atoms with Crippen LogP contribution in [-0.2, 0) is 14.3 Å². The van der Waals surface area contributed by atoms with E-state index < -0.39 is 23.9 Å². The lowest BCUT2D eigenvalue weighted by molar-refractivity contribution is -0.152. The van der Waals surface area contributed by atoms with E-state index in [-0.39, 0.29) is 13.3 Å². The molecule has 146 valence electrons. The fourth-order valence-electron chi connectivity index (χ4n) is 2.37. The maximum atomic E-state index is 12.2. The Kier molecular flexibility index (Phi) is 6.00. The van der Waals surface area contributed by atoms with Gasteiger partial charge in [0.05, 0.1) is 0 Å². The Hall–Kier alpha value is -3.26. The highest BCUT2D eigenvalue weighted by molar-refractivity contribution is 6.30. The number of fused-ring (bicyclic) bond motifs is 1. The van der Waals surface area contributed by atoms with Crippen LogP contribution >= 0.6 is 11.6 Å². The van der Waals surface area contributed by atoms with Crippen LogP contribution in [0.15, 0.2) is 42.5 Å². The van der Waals surface area contributed by atoms with Crippen molar-refractivity contribution in [3.05, 3.63) is 53.1 Å². The fourth-order valence-corrected chi connectivity index (χ4v) is 2.49. The molecule has 0 fully saturated rings. The quantitative estimate of drug-likeness (QED) is 0.716. The first-order valence-corrected chi connectivity index (χ1v) is 8.74. The van der Waals surface area contributed by atoms with Gasteiger partial charge < -0.3 is 24.8 Å². The second-order valence-corrected chi connectivity index (χ2v) is 6.32. The molecule has 1 aliphatic heterocycles. The van der Waals surface area contributed by atoms with E-state index in [1.807, 2.05) is 0 Å². The number of nitrogens with one attached hydrogen (secondary N) is 2. The Bertz CT molecular complexity index is 900. The molecular weight excluding hydrogens is 388 g/mol. The van der Waals surface area contributed by atoms with Crippen LogP contribution in [0.5, 0.6) is 11.5 Å². The van der Waals surface area contributed by atoms with Crippen molar-refractivity contribution >= 4 is 35.1 Å². The number of hydrogen-bond acceptors (Lipinski definition) is 6. The van der Waals surface area contributed by atoms with Crippen LogP contribution in [0.2, 0.25) is 5.02 Å². The Labute approximate surface area is 165 Å². The SMILES string of the molecule is C[C@H](OC(=O)CNC(=O)c1ccc(Cl)cc1)C(=O)Nc1ccc2c(c1)OCO2. The highest BCUT2D eigenvalue weighted by Gasteiger charge is 2.20. The maximum absolute atomic E-state index is 12.2. The molecule has 9 heteroatoms. The summed E-state index contributed by atoms with van der Waals surface area (Å²) in [5.41, 5.74) is 0.832. The van der Waals surface area contributed by atoms with Crippen LogP contribution in [0, 0.1) is 0 Å². The van der Waals surface area contributed by atoms with Crippen molar-refractivity contribution in [3.8, 4) is 11.5 Å². The van der Waals surface area contributed by atoms with E-state index in [2.05, 4.69) is 10.6 Å². The van der Waals surface area contributed by atoms with Gasteiger partial charge in [-0.05, 0) is 43.3 Å². The van der Waals surface area contributed by atoms with Gasteiger partial charge in [-0.1, -0.05) is 11.6 Å². The van der Waals surface area contributed by atoms with Gasteiger partial charge >= 0.3 is 5.97 Å². The first-order chi connectivity index (χ1) is 13.4. The van der Waals surface area contributed by atoms with E-state index >= 15 is 0 Å². The third-order valence-electron chi connectivity index (χ3n) is 3.82. The summed E-state index contributed by atoms with van der Waals surface area (Å²) in [6.07, 6.45) is -1.05. The monoisotopic (exact) mass is 404 g/mol. The van der Waals surface area contributed by atoms with Crippen molar-refractivity contribution in [2.24, 2.45) is 0 Å². The molecule has 0 bridgehead atoms. The second kappa shape index (κ2) is 8.62. The number of ether oxygens (including phenoxy) is 3. The summed E-state index contributed by atoms with van der Waals surface area (Å²) in [6, 6.07) is 11.1. The zero-order valence-electron chi connectivity index (χ0n) is 14.9. The van der Waals surface area contributed by atoms with Crippen LogP contribution in [0.4, 0.5) is 5.69 Å². The van der Waals surface area contributed by atoms with Gasteiger partial charge in [-0.25, -0.2) is 0 Å². The maximum Gasteiger partial charge on any atom is 0.326 e. The minimum absolute atomic E-state index is 0.127. The van der Waals surface area contributed by atoms with Crippen molar-refractivity contribution in [1.82, 2.24) is 5.32 Å². The second-order valence-electron chi connectivity index (χ2n) is 5.88.